The lowest BCUT2D eigenvalue weighted by Crippen LogP contribution is -2.15. The third kappa shape index (κ3) is 5.11. The number of carbonyl (C=O) groups is 1. The Bertz CT molecular complexity index is 1100. The molecule has 0 aliphatic heterocycles. The van der Waals surface area contributed by atoms with E-state index in [0.717, 1.165) is 16.7 Å². The van der Waals surface area contributed by atoms with Gasteiger partial charge < -0.3 is 14.8 Å². The Morgan fingerprint density at radius 3 is 2.83 bits per heavy atom. The molecular weight excluding hydrogens is 410 g/mol. The number of hydrogen-bond donors (Lipinski definition) is 1. The number of nitriles is 1. The van der Waals surface area contributed by atoms with E-state index in [1.54, 1.807) is 24.3 Å². The number of hydrogen-bond acceptors (Lipinski definition) is 6. The summed E-state index contributed by atoms with van der Waals surface area (Å²) in [6.07, 6.45) is 0. The van der Waals surface area contributed by atoms with Gasteiger partial charge in [0.05, 0.1) is 36.2 Å². The molecule has 0 fully saturated rings. The molecule has 1 amide bonds. The van der Waals surface area contributed by atoms with Crippen molar-refractivity contribution in [2.24, 2.45) is 0 Å². The van der Waals surface area contributed by atoms with Crippen molar-refractivity contribution >= 4 is 45.9 Å². The highest BCUT2D eigenvalue weighted by molar-refractivity contribution is 8.00. The maximum Gasteiger partial charge on any atom is 0.234 e. The average molecular weight is 428 g/mol. The number of fused-ring (bicyclic) bond motifs is 1. The average Bonchev–Trinajstić information content (AvgIpc) is 2.72. The lowest BCUT2D eigenvalue weighted by Gasteiger charge is -2.11. The molecule has 3 rings (SSSR count). The zero-order chi connectivity index (χ0) is 20.8. The van der Waals surface area contributed by atoms with Gasteiger partial charge in [-0.3, -0.25) is 4.79 Å². The van der Waals surface area contributed by atoms with Crippen molar-refractivity contribution in [3.8, 4) is 17.6 Å². The molecule has 0 aliphatic rings. The van der Waals surface area contributed by atoms with Crippen LogP contribution in [0, 0.1) is 11.3 Å². The molecule has 0 radical (unpaired) electrons. The molecule has 6 nitrogen and oxygen atoms in total. The number of nitrogens with zero attached hydrogens (tertiary/aromatic N) is 2. The van der Waals surface area contributed by atoms with E-state index in [2.05, 4.69) is 16.4 Å². The van der Waals surface area contributed by atoms with E-state index in [-0.39, 0.29) is 11.7 Å². The number of aromatic nitrogens is 1. The Labute approximate surface area is 177 Å². The topological polar surface area (TPSA) is 84.2 Å². The molecule has 0 bridgehead atoms. The molecule has 29 heavy (non-hydrogen) atoms. The summed E-state index contributed by atoms with van der Waals surface area (Å²) in [7, 11) is 1.52. The smallest absolute Gasteiger partial charge is 0.234 e. The van der Waals surface area contributed by atoms with E-state index < -0.39 is 0 Å². The van der Waals surface area contributed by atoms with Gasteiger partial charge in [-0.15, -0.1) is 0 Å². The Kier molecular flexibility index (Phi) is 6.81. The molecule has 2 aromatic carbocycles. The minimum Gasteiger partial charge on any atom is -0.495 e. The van der Waals surface area contributed by atoms with Gasteiger partial charge in [0, 0.05) is 10.4 Å². The molecule has 3 aromatic rings. The molecule has 0 atom stereocenters. The highest BCUT2D eigenvalue weighted by atomic mass is 35.5. The van der Waals surface area contributed by atoms with Gasteiger partial charge in [-0.1, -0.05) is 23.4 Å². The summed E-state index contributed by atoms with van der Waals surface area (Å²) in [5.74, 6) is 1.06. The normalized spacial score (nSPS) is 10.4. The Morgan fingerprint density at radius 1 is 1.28 bits per heavy atom. The number of nitrogens with one attached hydrogen (secondary N) is 1. The minimum atomic E-state index is -0.256. The summed E-state index contributed by atoms with van der Waals surface area (Å²) < 4.78 is 10.7. The van der Waals surface area contributed by atoms with Crippen LogP contribution in [0.3, 0.4) is 0 Å². The number of anilines is 1. The van der Waals surface area contributed by atoms with Crippen LogP contribution in [0.2, 0.25) is 5.02 Å². The summed E-state index contributed by atoms with van der Waals surface area (Å²) in [4.78, 5) is 16.9. The Morgan fingerprint density at radius 2 is 2.10 bits per heavy atom. The van der Waals surface area contributed by atoms with Gasteiger partial charge >= 0.3 is 0 Å². The number of methoxy groups -OCH3 is 1. The van der Waals surface area contributed by atoms with Gasteiger partial charge in [-0.2, -0.15) is 5.26 Å². The molecule has 0 unspecified atom stereocenters. The molecule has 0 aliphatic carbocycles. The molecule has 1 N–H and O–H groups in total. The van der Waals surface area contributed by atoms with Crippen LogP contribution in [0.5, 0.6) is 11.5 Å². The monoisotopic (exact) mass is 427 g/mol. The number of ether oxygens (including phenoxy) is 2. The number of halogens is 1. The first-order valence-electron chi connectivity index (χ1n) is 8.78. The van der Waals surface area contributed by atoms with Gasteiger partial charge in [0.15, 0.2) is 0 Å². The van der Waals surface area contributed by atoms with Gasteiger partial charge in [0.2, 0.25) is 5.91 Å². The van der Waals surface area contributed by atoms with Crippen molar-refractivity contribution in [1.29, 1.82) is 5.26 Å². The Hall–Kier alpha value is -2.95. The maximum atomic E-state index is 12.4. The molecule has 0 saturated carbocycles. The fourth-order valence-corrected chi connectivity index (χ4v) is 3.62. The summed E-state index contributed by atoms with van der Waals surface area (Å²) in [6, 6.07) is 14.4. The van der Waals surface area contributed by atoms with Crippen LogP contribution in [-0.2, 0) is 4.79 Å². The van der Waals surface area contributed by atoms with E-state index in [4.69, 9.17) is 21.1 Å². The largest absolute Gasteiger partial charge is 0.495 e. The number of pyridine rings is 1. The predicted molar refractivity (Wildman–Crippen MR) is 115 cm³/mol. The van der Waals surface area contributed by atoms with Crippen molar-refractivity contribution in [2.75, 3.05) is 24.8 Å². The number of amides is 1. The molecule has 8 heteroatoms. The molecule has 148 valence electrons. The number of thioether (sulfide) groups is 1. The van der Waals surface area contributed by atoms with Gasteiger partial charge in [-0.05, 0) is 49.4 Å². The number of rotatable bonds is 7. The van der Waals surface area contributed by atoms with Crippen LogP contribution in [-0.4, -0.2) is 30.4 Å². The summed E-state index contributed by atoms with van der Waals surface area (Å²) in [6.45, 7) is 2.47. The van der Waals surface area contributed by atoms with Crippen LogP contribution >= 0.6 is 23.4 Å². The van der Waals surface area contributed by atoms with Crippen LogP contribution in [0.25, 0.3) is 10.9 Å². The lowest BCUT2D eigenvalue weighted by atomic mass is 10.1. The number of benzene rings is 2. The van der Waals surface area contributed by atoms with E-state index in [0.29, 0.717) is 33.7 Å². The van der Waals surface area contributed by atoms with E-state index in [1.165, 1.54) is 18.9 Å². The summed E-state index contributed by atoms with van der Waals surface area (Å²) >= 11 is 7.18. The van der Waals surface area contributed by atoms with Crippen LogP contribution in [0.15, 0.2) is 47.5 Å². The molecule has 0 saturated heterocycles. The number of carbonyl (C=O) groups excluding carboxylic acids is 1. The SMILES string of the molecule is CCOc1ccc2nc(SCC(=O)Nc3cc(Cl)ccc3OC)c(C#N)cc2c1. The molecule has 1 heterocycles. The van der Waals surface area contributed by atoms with Crippen molar-refractivity contribution in [3.05, 3.63) is 53.1 Å². The maximum absolute atomic E-state index is 12.4. The van der Waals surface area contributed by atoms with Crippen LogP contribution in [0.4, 0.5) is 5.69 Å². The second-order valence-electron chi connectivity index (χ2n) is 5.92. The highest BCUT2D eigenvalue weighted by Gasteiger charge is 2.13. The zero-order valence-corrected chi connectivity index (χ0v) is 17.4. The third-order valence-electron chi connectivity index (χ3n) is 3.96. The van der Waals surface area contributed by atoms with Crippen molar-refractivity contribution in [2.45, 2.75) is 11.9 Å². The fourth-order valence-electron chi connectivity index (χ4n) is 2.68. The van der Waals surface area contributed by atoms with Gasteiger partial charge in [0.25, 0.3) is 0 Å². The second-order valence-corrected chi connectivity index (χ2v) is 7.32. The third-order valence-corrected chi connectivity index (χ3v) is 5.18. The van der Waals surface area contributed by atoms with Gasteiger partial charge in [0.1, 0.15) is 22.6 Å². The van der Waals surface area contributed by atoms with E-state index in [1.807, 2.05) is 25.1 Å². The summed E-state index contributed by atoms with van der Waals surface area (Å²) in [5.41, 5.74) is 1.62. The first-order chi connectivity index (χ1) is 14.0. The summed E-state index contributed by atoms with van der Waals surface area (Å²) in [5, 5.41) is 14.1. The molecular formula is C21H18ClN3O3S. The van der Waals surface area contributed by atoms with Crippen molar-refractivity contribution < 1.29 is 14.3 Å². The predicted octanol–water partition coefficient (Wildman–Crippen LogP) is 4.90. The quantitative estimate of drug-likeness (QED) is 0.540. The second kappa shape index (κ2) is 9.50. The van der Waals surface area contributed by atoms with Crippen molar-refractivity contribution in [3.63, 3.8) is 0 Å². The van der Waals surface area contributed by atoms with Crippen LogP contribution < -0.4 is 14.8 Å². The van der Waals surface area contributed by atoms with Crippen LogP contribution in [0.1, 0.15) is 12.5 Å². The molecule has 0 spiro atoms. The standard InChI is InChI=1S/C21H18ClN3O3S/c1-3-28-16-5-6-17-13(9-16)8-14(11-23)21(25-17)29-12-20(26)24-18-10-15(22)4-7-19(18)27-2/h4-10H,3,12H2,1-2H3,(H,24,26). The molecule has 1 aromatic heterocycles. The van der Waals surface area contributed by atoms with E-state index in [9.17, 15) is 10.1 Å². The lowest BCUT2D eigenvalue weighted by molar-refractivity contribution is -0.113. The zero-order valence-electron chi connectivity index (χ0n) is 15.9. The first-order valence-corrected chi connectivity index (χ1v) is 10.1. The highest BCUT2D eigenvalue weighted by Crippen LogP contribution is 2.29. The van der Waals surface area contributed by atoms with Crippen molar-refractivity contribution in [1.82, 2.24) is 4.98 Å². The Balaban J connectivity index is 1.76. The van der Waals surface area contributed by atoms with E-state index >= 15 is 0 Å². The fraction of sp³-hybridized carbons (Fsp3) is 0.190. The first kappa shape index (κ1) is 20.8. The van der Waals surface area contributed by atoms with Gasteiger partial charge in [-0.25, -0.2) is 4.98 Å². The minimum absolute atomic E-state index is 0.0832.